The lowest BCUT2D eigenvalue weighted by atomic mass is 10.1. The molecule has 1 aromatic carbocycles. The van der Waals surface area contributed by atoms with Gasteiger partial charge in [-0.15, -0.1) is 24.0 Å². The maximum absolute atomic E-state index is 11.7. The number of hydrogen-bond donors (Lipinski definition) is 2. The van der Waals surface area contributed by atoms with Crippen LogP contribution in [0.5, 0.6) is 0 Å². The van der Waals surface area contributed by atoms with Crippen molar-refractivity contribution in [2.75, 3.05) is 13.1 Å². The van der Waals surface area contributed by atoms with Crippen LogP contribution in [-0.2, 0) is 17.9 Å². The van der Waals surface area contributed by atoms with Gasteiger partial charge in [0, 0.05) is 32.1 Å². The molecule has 0 spiro atoms. The highest BCUT2D eigenvalue weighted by Crippen LogP contribution is 2.15. The van der Waals surface area contributed by atoms with Crippen molar-refractivity contribution in [3.63, 3.8) is 0 Å². The van der Waals surface area contributed by atoms with E-state index in [1.54, 1.807) is 0 Å². The topological polar surface area (TPSA) is 56.7 Å². The van der Waals surface area contributed by atoms with E-state index in [1.165, 1.54) is 11.1 Å². The number of likely N-dealkylation sites (tertiary alicyclic amines) is 1. The van der Waals surface area contributed by atoms with Gasteiger partial charge < -0.3 is 15.5 Å². The molecule has 0 bridgehead atoms. The molecule has 1 unspecified atom stereocenters. The first-order chi connectivity index (χ1) is 10.2. The first-order valence-corrected chi connectivity index (χ1v) is 7.61. The molecule has 0 aliphatic carbocycles. The Balaban J connectivity index is 0.00000176. The minimum Gasteiger partial charge on any atom is -0.352 e. The third kappa shape index (κ3) is 4.34. The van der Waals surface area contributed by atoms with Gasteiger partial charge in [-0.3, -0.25) is 9.79 Å². The number of nitrogens with zero attached hydrogens (tertiary/aromatic N) is 2. The van der Waals surface area contributed by atoms with Crippen LogP contribution < -0.4 is 10.6 Å². The van der Waals surface area contributed by atoms with Crippen LogP contribution in [0.25, 0.3) is 0 Å². The van der Waals surface area contributed by atoms with Gasteiger partial charge in [-0.05, 0) is 24.5 Å². The molecule has 2 heterocycles. The third-order valence-corrected chi connectivity index (χ3v) is 3.90. The van der Waals surface area contributed by atoms with Crippen LogP contribution in [0.4, 0.5) is 0 Å². The molecule has 2 N–H and O–H groups in total. The van der Waals surface area contributed by atoms with Gasteiger partial charge in [0.05, 0.1) is 6.54 Å². The van der Waals surface area contributed by atoms with Crippen molar-refractivity contribution in [2.45, 2.75) is 38.9 Å². The average molecular weight is 414 g/mol. The van der Waals surface area contributed by atoms with Crippen LogP contribution in [0.2, 0.25) is 0 Å². The summed E-state index contributed by atoms with van der Waals surface area (Å²) in [6.45, 7) is 5.31. The Labute approximate surface area is 148 Å². The Morgan fingerprint density at radius 3 is 2.91 bits per heavy atom. The molecule has 5 nitrogen and oxygen atoms in total. The zero-order chi connectivity index (χ0) is 14.7. The molecular weight excluding hydrogens is 391 g/mol. The monoisotopic (exact) mass is 414 g/mol. The highest BCUT2D eigenvalue weighted by Gasteiger charge is 2.20. The summed E-state index contributed by atoms with van der Waals surface area (Å²) in [5, 5.41) is 6.61. The van der Waals surface area contributed by atoms with E-state index in [2.05, 4.69) is 46.8 Å². The van der Waals surface area contributed by atoms with Gasteiger partial charge in [0.15, 0.2) is 5.96 Å². The average Bonchev–Trinajstić information content (AvgIpc) is 3.07. The van der Waals surface area contributed by atoms with E-state index in [0.717, 1.165) is 38.6 Å². The minimum atomic E-state index is 0. The zero-order valence-corrected chi connectivity index (χ0v) is 15.2. The van der Waals surface area contributed by atoms with Crippen molar-refractivity contribution in [2.24, 2.45) is 4.99 Å². The first-order valence-electron chi connectivity index (χ1n) is 7.61. The van der Waals surface area contributed by atoms with Crippen molar-refractivity contribution in [3.05, 3.63) is 35.4 Å². The fraction of sp³-hybridized carbons (Fsp3) is 0.500. The number of nitrogens with one attached hydrogen (secondary N) is 2. The second kappa shape index (κ2) is 7.80. The number of hydrogen-bond acceptors (Lipinski definition) is 4. The summed E-state index contributed by atoms with van der Waals surface area (Å²) in [5.41, 5.74) is 2.41. The number of carbonyl (C=O) groups excluding carboxylic acids is 1. The maximum Gasteiger partial charge on any atom is 0.222 e. The van der Waals surface area contributed by atoms with Gasteiger partial charge >= 0.3 is 0 Å². The number of guanidine groups is 1. The van der Waals surface area contributed by atoms with E-state index in [9.17, 15) is 4.79 Å². The van der Waals surface area contributed by atoms with E-state index in [4.69, 9.17) is 0 Å². The summed E-state index contributed by atoms with van der Waals surface area (Å²) in [4.78, 5) is 18.0. The van der Waals surface area contributed by atoms with Crippen LogP contribution in [-0.4, -0.2) is 35.9 Å². The lowest BCUT2D eigenvalue weighted by Crippen LogP contribution is -2.37. The lowest BCUT2D eigenvalue weighted by Gasteiger charge is -2.16. The smallest absolute Gasteiger partial charge is 0.222 e. The highest BCUT2D eigenvalue weighted by atomic mass is 127. The minimum absolute atomic E-state index is 0. The van der Waals surface area contributed by atoms with Crippen molar-refractivity contribution in [3.8, 4) is 0 Å². The Kier molecular flexibility index (Phi) is 6.05. The molecule has 6 heteroatoms. The normalized spacial score (nSPS) is 20.4. The molecule has 22 heavy (non-hydrogen) atoms. The van der Waals surface area contributed by atoms with Crippen LogP contribution in [0, 0.1) is 0 Å². The van der Waals surface area contributed by atoms with E-state index in [1.807, 2.05) is 4.90 Å². The summed E-state index contributed by atoms with van der Waals surface area (Å²) >= 11 is 0. The van der Waals surface area contributed by atoms with Crippen molar-refractivity contribution in [1.82, 2.24) is 15.5 Å². The fourth-order valence-electron chi connectivity index (χ4n) is 2.78. The van der Waals surface area contributed by atoms with Crippen LogP contribution in [0.3, 0.4) is 0 Å². The predicted octanol–water partition coefficient (Wildman–Crippen LogP) is 1.86. The molecule has 1 saturated heterocycles. The number of carbonyl (C=O) groups is 1. The number of amides is 1. The number of benzene rings is 1. The predicted molar refractivity (Wildman–Crippen MR) is 98.2 cm³/mol. The lowest BCUT2D eigenvalue weighted by molar-refractivity contribution is -0.128. The molecule has 0 aromatic heterocycles. The molecule has 1 amide bonds. The summed E-state index contributed by atoms with van der Waals surface area (Å²) < 4.78 is 0. The molecule has 1 fully saturated rings. The van der Waals surface area contributed by atoms with Crippen LogP contribution in [0.1, 0.15) is 30.9 Å². The van der Waals surface area contributed by atoms with Gasteiger partial charge in [-0.25, -0.2) is 0 Å². The van der Waals surface area contributed by atoms with Crippen molar-refractivity contribution in [1.29, 1.82) is 0 Å². The number of rotatable bonds is 4. The van der Waals surface area contributed by atoms with E-state index < -0.39 is 0 Å². The molecule has 1 aromatic rings. The molecule has 3 rings (SSSR count). The quantitative estimate of drug-likeness (QED) is 0.740. The summed E-state index contributed by atoms with van der Waals surface area (Å²) in [6.07, 6.45) is 1.69. The number of aliphatic imine (C=N–C) groups is 1. The SMILES string of the molecule is CC1CN=C(NCc2cccc(CN3CCCC3=O)c2)N1.I. The molecule has 0 radical (unpaired) electrons. The standard InChI is InChI=1S/C16H22N4O.HI/c1-12-9-17-16(19-12)18-10-13-4-2-5-14(8-13)11-20-7-3-6-15(20)21;/h2,4-5,8,12H,3,6-7,9-11H2,1H3,(H2,17,18,19);1H. The largest absolute Gasteiger partial charge is 0.352 e. The van der Waals surface area contributed by atoms with Crippen LogP contribution in [0.15, 0.2) is 29.3 Å². The molecule has 0 saturated carbocycles. The Bertz CT molecular complexity index is 561. The Hall–Kier alpha value is -1.31. The van der Waals surface area contributed by atoms with Gasteiger partial charge in [-0.1, -0.05) is 24.3 Å². The number of halogens is 1. The second-order valence-electron chi connectivity index (χ2n) is 5.83. The zero-order valence-electron chi connectivity index (χ0n) is 12.8. The van der Waals surface area contributed by atoms with E-state index >= 15 is 0 Å². The third-order valence-electron chi connectivity index (χ3n) is 3.90. The van der Waals surface area contributed by atoms with E-state index in [-0.39, 0.29) is 29.9 Å². The Morgan fingerprint density at radius 2 is 2.23 bits per heavy atom. The molecule has 120 valence electrons. The second-order valence-corrected chi connectivity index (χ2v) is 5.83. The fourth-order valence-corrected chi connectivity index (χ4v) is 2.78. The van der Waals surface area contributed by atoms with Crippen molar-refractivity contribution >= 4 is 35.8 Å². The molecule has 1 atom stereocenters. The summed E-state index contributed by atoms with van der Waals surface area (Å²) in [7, 11) is 0. The van der Waals surface area contributed by atoms with Gasteiger partial charge in [-0.2, -0.15) is 0 Å². The highest BCUT2D eigenvalue weighted by molar-refractivity contribution is 14.0. The summed E-state index contributed by atoms with van der Waals surface area (Å²) in [6, 6.07) is 8.82. The van der Waals surface area contributed by atoms with Gasteiger partial charge in [0.2, 0.25) is 5.91 Å². The summed E-state index contributed by atoms with van der Waals surface area (Å²) in [5.74, 6) is 1.15. The van der Waals surface area contributed by atoms with Crippen molar-refractivity contribution < 1.29 is 4.79 Å². The molecular formula is C16H23IN4O. The van der Waals surface area contributed by atoms with Gasteiger partial charge in [0.25, 0.3) is 0 Å². The Morgan fingerprint density at radius 1 is 1.41 bits per heavy atom. The maximum atomic E-state index is 11.7. The van der Waals surface area contributed by atoms with E-state index in [0.29, 0.717) is 12.5 Å². The van der Waals surface area contributed by atoms with Gasteiger partial charge in [0.1, 0.15) is 0 Å². The first kappa shape index (κ1) is 17.1. The molecule has 2 aliphatic heterocycles. The molecule has 2 aliphatic rings. The van der Waals surface area contributed by atoms with Crippen LogP contribution >= 0.6 is 24.0 Å².